The van der Waals surface area contributed by atoms with E-state index in [9.17, 15) is 27.9 Å². The van der Waals surface area contributed by atoms with E-state index >= 15 is 0 Å². The number of aryl methyl sites for hydroxylation is 1. The highest BCUT2D eigenvalue weighted by molar-refractivity contribution is 8.01. The fourth-order valence-corrected chi connectivity index (χ4v) is 5.51. The SMILES string of the molecule is Cc1cc(SCC2=C(C(=O)O)N3C(=O)C(N)[C@H]3SC2)n2nc(C(F)(F)F)nc2n1. The fraction of sp³-hybridized carbons (Fsp3) is 0.400. The monoisotopic (exact) mass is 446 g/mol. The first kappa shape index (κ1) is 20.0. The van der Waals surface area contributed by atoms with Gasteiger partial charge in [0.2, 0.25) is 5.91 Å². The summed E-state index contributed by atoms with van der Waals surface area (Å²) < 4.78 is 39.8. The van der Waals surface area contributed by atoms with Crippen molar-refractivity contribution in [1.29, 1.82) is 0 Å². The van der Waals surface area contributed by atoms with Crippen molar-refractivity contribution in [2.45, 2.75) is 29.5 Å². The van der Waals surface area contributed by atoms with E-state index in [4.69, 9.17) is 5.73 Å². The van der Waals surface area contributed by atoms with Gasteiger partial charge >= 0.3 is 12.1 Å². The zero-order chi connectivity index (χ0) is 21.1. The van der Waals surface area contributed by atoms with Crippen LogP contribution >= 0.6 is 23.5 Å². The van der Waals surface area contributed by atoms with Gasteiger partial charge in [0, 0.05) is 17.2 Å². The Hall–Kier alpha value is -2.32. The number of hydrogen-bond acceptors (Lipinski definition) is 8. The molecule has 0 aliphatic carbocycles. The van der Waals surface area contributed by atoms with Gasteiger partial charge in [-0.3, -0.25) is 9.69 Å². The van der Waals surface area contributed by atoms with Gasteiger partial charge in [0.1, 0.15) is 22.1 Å². The summed E-state index contributed by atoms with van der Waals surface area (Å²) in [5, 5.41) is 13.0. The second-order valence-corrected chi connectivity index (χ2v) is 8.46. The third-order valence-electron chi connectivity index (χ3n) is 4.35. The van der Waals surface area contributed by atoms with Gasteiger partial charge in [-0.2, -0.15) is 22.7 Å². The zero-order valence-corrected chi connectivity index (χ0v) is 16.3. The Morgan fingerprint density at radius 2 is 2.17 bits per heavy atom. The van der Waals surface area contributed by atoms with Gasteiger partial charge in [0.25, 0.3) is 11.6 Å². The van der Waals surface area contributed by atoms with E-state index in [0.29, 0.717) is 22.0 Å². The van der Waals surface area contributed by atoms with Crippen molar-refractivity contribution in [3.8, 4) is 0 Å². The summed E-state index contributed by atoms with van der Waals surface area (Å²) in [6, 6.07) is 0.804. The third-order valence-corrected chi connectivity index (χ3v) is 6.79. The van der Waals surface area contributed by atoms with Gasteiger partial charge in [-0.15, -0.1) is 28.6 Å². The fourth-order valence-electron chi connectivity index (χ4n) is 3.03. The number of carboxylic acid groups (broad SMARTS) is 1. The Labute approximate surface area is 169 Å². The molecule has 0 bridgehead atoms. The predicted molar refractivity (Wildman–Crippen MR) is 97.0 cm³/mol. The summed E-state index contributed by atoms with van der Waals surface area (Å²) >= 11 is 2.45. The van der Waals surface area contributed by atoms with E-state index < -0.39 is 35.3 Å². The largest absolute Gasteiger partial charge is 0.477 e. The summed E-state index contributed by atoms with van der Waals surface area (Å²) in [6.45, 7) is 1.61. The molecule has 4 heterocycles. The first-order valence-electron chi connectivity index (χ1n) is 8.18. The summed E-state index contributed by atoms with van der Waals surface area (Å²) in [4.78, 5) is 32.3. The number of amides is 1. The van der Waals surface area contributed by atoms with Crippen LogP contribution in [-0.4, -0.2) is 64.4 Å². The van der Waals surface area contributed by atoms with Crippen LogP contribution in [0.5, 0.6) is 0 Å². The molecule has 0 aromatic carbocycles. The minimum absolute atomic E-state index is 0.121. The van der Waals surface area contributed by atoms with Gasteiger partial charge in [-0.1, -0.05) is 0 Å². The molecule has 2 atom stereocenters. The molecule has 0 spiro atoms. The molecular weight excluding hydrogens is 433 g/mol. The molecule has 3 N–H and O–H groups in total. The van der Waals surface area contributed by atoms with Crippen molar-refractivity contribution < 1.29 is 27.9 Å². The smallest absolute Gasteiger partial charge is 0.453 e. The van der Waals surface area contributed by atoms with Gasteiger partial charge in [0.05, 0.1) is 0 Å². The summed E-state index contributed by atoms with van der Waals surface area (Å²) in [5.74, 6) is -2.74. The van der Waals surface area contributed by atoms with E-state index in [1.807, 2.05) is 0 Å². The Morgan fingerprint density at radius 3 is 2.83 bits per heavy atom. The van der Waals surface area contributed by atoms with Crippen molar-refractivity contribution in [2.75, 3.05) is 11.5 Å². The average Bonchev–Trinajstić information content (AvgIpc) is 3.08. The highest BCUT2D eigenvalue weighted by Crippen LogP contribution is 2.40. The van der Waals surface area contributed by atoms with Crippen LogP contribution in [0.25, 0.3) is 5.78 Å². The lowest BCUT2D eigenvalue weighted by Gasteiger charge is -2.48. The molecular formula is C15H13F3N6O3S2. The normalized spacial score (nSPS) is 22.1. The Bertz CT molecular complexity index is 1070. The van der Waals surface area contributed by atoms with Gasteiger partial charge in [-0.05, 0) is 18.6 Å². The Kier molecular flexibility index (Phi) is 4.74. The van der Waals surface area contributed by atoms with E-state index in [-0.39, 0.29) is 17.2 Å². The summed E-state index contributed by atoms with van der Waals surface area (Å²) in [5.41, 5.74) is 6.51. The number of aromatic nitrogens is 4. The first-order chi connectivity index (χ1) is 13.6. The van der Waals surface area contributed by atoms with E-state index in [0.717, 1.165) is 16.3 Å². The standard InChI is InChI=1S/C15H13F3N6O3S2/c1-5-2-7(24-14(20-5)21-13(22-24)15(16,17)18)28-3-6-4-29-11-8(19)10(25)23(11)9(6)12(26)27/h2,8,11H,3-4,19H2,1H3,(H,26,27)/t8?,11-/m1/s1. The van der Waals surface area contributed by atoms with Crippen LogP contribution in [0.4, 0.5) is 13.2 Å². The number of alkyl halides is 3. The molecule has 2 aliphatic heterocycles. The number of fused-ring (bicyclic) bond motifs is 2. The predicted octanol–water partition coefficient (Wildman–Crippen LogP) is 1.12. The highest BCUT2D eigenvalue weighted by Gasteiger charge is 2.51. The number of β-lactam (4-membered cyclic amide) rings is 1. The summed E-state index contributed by atoms with van der Waals surface area (Å²) in [7, 11) is 0. The van der Waals surface area contributed by atoms with Gasteiger partial charge < -0.3 is 10.8 Å². The number of hydrogen-bond donors (Lipinski definition) is 2. The van der Waals surface area contributed by atoms with Crippen molar-refractivity contribution in [3.05, 3.63) is 28.9 Å². The van der Waals surface area contributed by atoms with Crippen LogP contribution in [0.2, 0.25) is 0 Å². The van der Waals surface area contributed by atoms with Crippen molar-refractivity contribution >= 4 is 41.2 Å². The number of nitrogens with two attached hydrogens (primary N) is 1. The highest BCUT2D eigenvalue weighted by atomic mass is 32.2. The van der Waals surface area contributed by atoms with Gasteiger partial charge in [-0.25, -0.2) is 9.78 Å². The lowest BCUT2D eigenvalue weighted by Crippen LogP contribution is -2.68. The maximum Gasteiger partial charge on any atom is 0.453 e. The molecule has 1 saturated heterocycles. The van der Waals surface area contributed by atoms with E-state index in [1.54, 1.807) is 6.92 Å². The van der Waals surface area contributed by atoms with E-state index in [1.165, 1.54) is 22.7 Å². The maximum atomic E-state index is 12.9. The Morgan fingerprint density at radius 1 is 1.45 bits per heavy atom. The van der Waals surface area contributed by atoms with E-state index in [2.05, 4.69) is 15.1 Å². The quantitative estimate of drug-likeness (QED) is 0.404. The topological polar surface area (TPSA) is 127 Å². The lowest BCUT2D eigenvalue weighted by atomic mass is 10.0. The molecule has 2 aliphatic rings. The first-order valence-corrected chi connectivity index (χ1v) is 10.2. The molecule has 1 amide bonds. The minimum Gasteiger partial charge on any atom is -0.477 e. The second-order valence-electron chi connectivity index (χ2n) is 6.36. The third kappa shape index (κ3) is 3.34. The molecule has 0 radical (unpaired) electrons. The number of nitrogens with zero attached hydrogens (tertiary/aromatic N) is 5. The number of carbonyl (C=O) groups is 2. The molecule has 1 fully saturated rings. The second kappa shape index (κ2) is 6.88. The van der Waals surface area contributed by atoms with Crippen LogP contribution < -0.4 is 5.73 Å². The number of halogens is 3. The van der Waals surface area contributed by atoms with Crippen molar-refractivity contribution in [3.63, 3.8) is 0 Å². The Balaban J connectivity index is 1.66. The molecule has 154 valence electrons. The molecule has 2 aromatic rings. The number of carboxylic acids is 1. The molecule has 9 nitrogen and oxygen atoms in total. The van der Waals surface area contributed by atoms with Crippen LogP contribution in [0.15, 0.2) is 22.4 Å². The van der Waals surface area contributed by atoms with Crippen molar-refractivity contribution in [1.82, 2.24) is 24.5 Å². The number of thioether (sulfide) groups is 2. The molecule has 0 saturated carbocycles. The zero-order valence-electron chi connectivity index (χ0n) is 14.7. The number of aliphatic carboxylic acids is 1. The molecule has 1 unspecified atom stereocenters. The molecule has 29 heavy (non-hydrogen) atoms. The van der Waals surface area contributed by atoms with Crippen LogP contribution in [0.3, 0.4) is 0 Å². The van der Waals surface area contributed by atoms with Crippen LogP contribution in [-0.2, 0) is 15.8 Å². The molecule has 14 heteroatoms. The molecule has 2 aromatic heterocycles. The van der Waals surface area contributed by atoms with Crippen LogP contribution in [0.1, 0.15) is 11.5 Å². The average molecular weight is 446 g/mol. The maximum absolute atomic E-state index is 12.9. The van der Waals surface area contributed by atoms with Crippen LogP contribution in [0, 0.1) is 6.92 Å². The number of rotatable bonds is 4. The lowest BCUT2D eigenvalue weighted by molar-refractivity contribution is -0.147. The summed E-state index contributed by atoms with van der Waals surface area (Å²) in [6.07, 6.45) is -4.71. The number of carbonyl (C=O) groups excluding carboxylic acids is 1. The van der Waals surface area contributed by atoms with Crippen molar-refractivity contribution in [2.24, 2.45) is 5.73 Å². The van der Waals surface area contributed by atoms with Gasteiger partial charge in [0.15, 0.2) is 0 Å². The molecule has 4 rings (SSSR count). The minimum atomic E-state index is -4.71.